The Morgan fingerprint density at radius 3 is 2.50 bits per heavy atom. The van der Waals surface area contributed by atoms with Gasteiger partial charge in [-0.15, -0.1) is 0 Å². The first-order valence-corrected chi connectivity index (χ1v) is 8.93. The van der Waals surface area contributed by atoms with Crippen LogP contribution in [0.1, 0.15) is 15.9 Å². The number of carbonyl (C=O) groups is 3. The minimum Gasteiger partial charge on any atom is -0.480 e. The number of nitrogens with one attached hydrogen (secondary N) is 3. The summed E-state index contributed by atoms with van der Waals surface area (Å²) in [5.74, 6) is -2.19. The standard InChI is InChI=1S/C20H18ClN3O4/c21-14-7-5-12(6-8-14)19(26)23-11-18(25)24-17(20(27)28)9-13-10-22-16-4-2-1-3-15(13)16/h1-8,10,17,22H,9,11H2,(H,23,26)(H,24,25)(H,27,28)/t17-/m0/s1. The van der Waals surface area contributed by atoms with Gasteiger partial charge in [-0.3, -0.25) is 9.59 Å². The molecule has 0 radical (unpaired) electrons. The van der Waals surface area contributed by atoms with Crippen LogP contribution in [0.2, 0.25) is 5.02 Å². The summed E-state index contributed by atoms with van der Waals surface area (Å²) in [6.45, 7) is -0.334. The second-order valence-electron chi connectivity index (χ2n) is 6.21. The Kier molecular flexibility index (Phi) is 5.96. The fourth-order valence-corrected chi connectivity index (χ4v) is 2.96. The van der Waals surface area contributed by atoms with E-state index in [1.165, 1.54) is 12.1 Å². The molecule has 7 nitrogen and oxygen atoms in total. The van der Waals surface area contributed by atoms with E-state index < -0.39 is 23.8 Å². The van der Waals surface area contributed by atoms with E-state index in [4.69, 9.17) is 11.6 Å². The highest BCUT2D eigenvalue weighted by Crippen LogP contribution is 2.19. The van der Waals surface area contributed by atoms with Crippen LogP contribution in [0.3, 0.4) is 0 Å². The molecular formula is C20H18ClN3O4. The van der Waals surface area contributed by atoms with Crippen molar-refractivity contribution >= 4 is 40.3 Å². The maximum atomic E-state index is 12.1. The van der Waals surface area contributed by atoms with Crippen LogP contribution >= 0.6 is 11.6 Å². The molecule has 0 saturated heterocycles. The molecule has 3 rings (SSSR count). The van der Waals surface area contributed by atoms with Crippen molar-refractivity contribution in [3.05, 3.63) is 70.9 Å². The topological polar surface area (TPSA) is 111 Å². The zero-order valence-corrected chi connectivity index (χ0v) is 15.5. The number of carboxylic acid groups (broad SMARTS) is 1. The van der Waals surface area contributed by atoms with Gasteiger partial charge in [0, 0.05) is 34.1 Å². The number of hydrogen-bond acceptors (Lipinski definition) is 3. The Labute approximate surface area is 165 Å². The van der Waals surface area contributed by atoms with Gasteiger partial charge in [-0.25, -0.2) is 4.79 Å². The third-order valence-electron chi connectivity index (χ3n) is 4.25. The number of aliphatic carboxylic acids is 1. The van der Waals surface area contributed by atoms with Crippen molar-refractivity contribution in [2.45, 2.75) is 12.5 Å². The van der Waals surface area contributed by atoms with Crippen LogP contribution in [0.4, 0.5) is 0 Å². The van der Waals surface area contributed by atoms with Crippen molar-refractivity contribution in [2.75, 3.05) is 6.54 Å². The molecule has 0 spiro atoms. The number of carboxylic acids is 1. The van der Waals surface area contributed by atoms with Crippen molar-refractivity contribution in [1.82, 2.24) is 15.6 Å². The zero-order valence-electron chi connectivity index (χ0n) is 14.7. The normalized spacial score (nSPS) is 11.8. The highest BCUT2D eigenvalue weighted by atomic mass is 35.5. The summed E-state index contributed by atoms with van der Waals surface area (Å²) in [7, 11) is 0. The molecule has 0 aliphatic rings. The Morgan fingerprint density at radius 1 is 1.07 bits per heavy atom. The molecule has 0 bridgehead atoms. The van der Waals surface area contributed by atoms with Crippen molar-refractivity contribution in [1.29, 1.82) is 0 Å². The van der Waals surface area contributed by atoms with Crippen molar-refractivity contribution in [3.8, 4) is 0 Å². The monoisotopic (exact) mass is 399 g/mol. The third kappa shape index (κ3) is 4.69. The predicted molar refractivity (Wildman–Crippen MR) is 105 cm³/mol. The van der Waals surface area contributed by atoms with Crippen molar-refractivity contribution < 1.29 is 19.5 Å². The Bertz CT molecular complexity index is 1010. The van der Waals surface area contributed by atoms with E-state index in [2.05, 4.69) is 15.6 Å². The summed E-state index contributed by atoms with van der Waals surface area (Å²) in [6, 6.07) is 12.6. The molecule has 144 valence electrons. The van der Waals surface area contributed by atoms with Crippen LogP contribution in [-0.2, 0) is 16.0 Å². The molecule has 0 aliphatic carbocycles. The number of aromatic amines is 1. The molecule has 0 saturated carbocycles. The number of fused-ring (bicyclic) bond motifs is 1. The first-order chi connectivity index (χ1) is 13.4. The molecule has 2 aromatic carbocycles. The van der Waals surface area contributed by atoms with Gasteiger partial charge in [0.25, 0.3) is 5.91 Å². The van der Waals surface area contributed by atoms with E-state index >= 15 is 0 Å². The molecule has 3 aromatic rings. The van der Waals surface area contributed by atoms with Crippen LogP contribution in [0.15, 0.2) is 54.7 Å². The number of halogens is 1. The molecular weight excluding hydrogens is 382 g/mol. The van der Waals surface area contributed by atoms with Gasteiger partial charge in [0.2, 0.25) is 5.91 Å². The first kappa shape index (κ1) is 19.4. The summed E-state index contributed by atoms with van der Waals surface area (Å²) in [5, 5.41) is 15.8. The predicted octanol–water partition coefficient (Wildman–Crippen LogP) is 2.36. The lowest BCUT2D eigenvalue weighted by Gasteiger charge is -2.14. The van der Waals surface area contributed by atoms with Crippen LogP contribution in [0, 0.1) is 0 Å². The number of benzene rings is 2. The van der Waals surface area contributed by atoms with Gasteiger partial charge in [-0.1, -0.05) is 29.8 Å². The molecule has 8 heteroatoms. The lowest BCUT2D eigenvalue weighted by atomic mass is 10.0. The molecule has 0 fully saturated rings. The molecule has 1 atom stereocenters. The number of rotatable bonds is 7. The summed E-state index contributed by atoms with van der Waals surface area (Å²) in [4.78, 5) is 38.8. The van der Waals surface area contributed by atoms with Gasteiger partial charge < -0.3 is 20.7 Å². The molecule has 0 aliphatic heterocycles. The lowest BCUT2D eigenvalue weighted by Crippen LogP contribution is -2.46. The molecule has 0 unspecified atom stereocenters. The average molecular weight is 400 g/mol. The van der Waals surface area contributed by atoms with Crippen LogP contribution in [-0.4, -0.2) is 40.5 Å². The highest BCUT2D eigenvalue weighted by Gasteiger charge is 2.22. The minimum atomic E-state index is -1.15. The summed E-state index contributed by atoms with van der Waals surface area (Å²) in [6.07, 6.45) is 1.85. The smallest absolute Gasteiger partial charge is 0.326 e. The molecule has 28 heavy (non-hydrogen) atoms. The number of aromatic nitrogens is 1. The second-order valence-corrected chi connectivity index (χ2v) is 6.65. The Hall–Kier alpha value is -3.32. The SMILES string of the molecule is O=C(CNC(=O)c1ccc(Cl)cc1)N[C@@H](Cc1c[nH]c2ccccc12)C(=O)O. The summed E-state index contributed by atoms with van der Waals surface area (Å²) < 4.78 is 0. The van der Waals surface area contributed by atoms with Gasteiger partial charge in [-0.05, 0) is 35.9 Å². The van der Waals surface area contributed by atoms with E-state index in [1.807, 2.05) is 24.3 Å². The maximum Gasteiger partial charge on any atom is 0.326 e. The third-order valence-corrected chi connectivity index (χ3v) is 4.50. The number of hydrogen-bond donors (Lipinski definition) is 4. The molecule has 1 heterocycles. The van der Waals surface area contributed by atoms with E-state index in [9.17, 15) is 19.5 Å². The van der Waals surface area contributed by atoms with Crippen LogP contribution in [0.25, 0.3) is 10.9 Å². The maximum absolute atomic E-state index is 12.1. The van der Waals surface area contributed by atoms with Crippen LogP contribution in [0.5, 0.6) is 0 Å². The summed E-state index contributed by atoms with van der Waals surface area (Å²) >= 11 is 5.77. The Morgan fingerprint density at radius 2 is 1.79 bits per heavy atom. The van der Waals surface area contributed by atoms with Gasteiger partial charge >= 0.3 is 5.97 Å². The van der Waals surface area contributed by atoms with Gasteiger partial charge in [0.15, 0.2) is 0 Å². The first-order valence-electron chi connectivity index (χ1n) is 8.55. The van der Waals surface area contributed by atoms with Crippen molar-refractivity contribution in [2.24, 2.45) is 0 Å². The van der Waals surface area contributed by atoms with Gasteiger partial charge in [0.05, 0.1) is 6.54 Å². The number of amides is 2. The van der Waals surface area contributed by atoms with E-state index in [-0.39, 0.29) is 13.0 Å². The number of carbonyl (C=O) groups excluding carboxylic acids is 2. The largest absolute Gasteiger partial charge is 0.480 e. The zero-order chi connectivity index (χ0) is 20.1. The molecule has 1 aromatic heterocycles. The number of para-hydroxylation sites is 1. The fourth-order valence-electron chi connectivity index (χ4n) is 2.83. The lowest BCUT2D eigenvalue weighted by molar-refractivity contribution is -0.141. The minimum absolute atomic E-state index is 0.121. The average Bonchev–Trinajstić information content (AvgIpc) is 3.09. The number of H-pyrrole nitrogens is 1. The van der Waals surface area contributed by atoms with Gasteiger partial charge in [0.1, 0.15) is 6.04 Å². The van der Waals surface area contributed by atoms with E-state index in [0.29, 0.717) is 10.6 Å². The van der Waals surface area contributed by atoms with E-state index in [1.54, 1.807) is 18.3 Å². The van der Waals surface area contributed by atoms with Crippen LogP contribution < -0.4 is 10.6 Å². The van der Waals surface area contributed by atoms with E-state index in [0.717, 1.165) is 16.5 Å². The Balaban J connectivity index is 1.59. The second kappa shape index (κ2) is 8.58. The quantitative estimate of drug-likeness (QED) is 0.488. The molecule has 2 amide bonds. The molecule has 4 N–H and O–H groups in total. The van der Waals surface area contributed by atoms with Gasteiger partial charge in [-0.2, -0.15) is 0 Å². The fraction of sp³-hybridized carbons (Fsp3) is 0.150. The van der Waals surface area contributed by atoms with Crippen molar-refractivity contribution in [3.63, 3.8) is 0 Å². The highest BCUT2D eigenvalue weighted by molar-refractivity contribution is 6.30. The summed E-state index contributed by atoms with van der Waals surface area (Å²) in [5.41, 5.74) is 2.03.